The highest BCUT2D eigenvalue weighted by molar-refractivity contribution is 7.90. The minimum Gasteiger partial charge on any atom is -0.480 e. The third kappa shape index (κ3) is 3.23. The second-order valence-electron chi connectivity index (χ2n) is 5.94. The van der Waals surface area contributed by atoms with Crippen molar-refractivity contribution < 1.29 is 18.3 Å². The van der Waals surface area contributed by atoms with Gasteiger partial charge in [0.05, 0.1) is 0 Å². The molecule has 5 nitrogen and oxygen atoms in total. The standard InChI is InChI=1S/C12H23NO4S/c1-9(11(14)15)18(16,17)13(4)10-5-7-12(2,3)8-6-10/h9-10H,5-8H2,1-4H3,(H,14,15). The van der Waals surface area contributed by atoms with E-state index in [1.54, 1.807) is 0 Å². The van der Waals surface area contributed by atoms with Gasteiger partial charge < -0.3 is 5.11 Å². The first-order valence-electron chi connectivity index (χ1n) is 6.27. The van der Waals surface area contributed by atoms with Crippen LogP contribution in [0.1, 0.15) is 46.5 Å². The van der Waals surface area contributed by atoms with Crippen molar-refractivity contribution in [3.63, 3.8) is 0 Å². The predicted octanol–water partition coefficient (Wildman–Crippen LogP) is 1.69. The van der Waals surface area contributed by atoms with Crippen LogP contribution in [0.2, 0.25) is 0 Å². The zero-order valence-corrected chi connectivity index (χ0v) is 12.3. The SMILES string of the molecule is CC(C(=O)O)S(=O)(=O)N(C)C1CCC(C)(C)CC1. The maximum Gasteiger partial charge on any atom is 0.323 e. The van der Waals surface area contributed by atoms with Crippen molar-refractivity contribution in [3.8, 4) is 0 Å². The summed E-state index contributed by atoms with van der Waals surface area (Å²) in [6.45, 7) is 5.58. The Labute approximate surface area is 109 Å². The Kier molecular flexibility index (Phi) is 4.43. The zero-order chi connectivity index (χ0) is 14.1. The Morgan fingerprint density at radius 3 is 2.17 bits per heavy atom. The lowest BCUT2D eigenvalue weighted by molar-refractivity contribution is -0.136. The second kappa shape index (κ2) is 5.17. The molecule has 1 saturated carbocycles. The summed E-state index contributed by atoms with van der Waals surface area (Å²) in [4.78, 5) is 10.8. The molecular formula is C12H23NO4S. The molecule has 1 aliphatic rings. The number of carbonyl (C=O) groups is 1. The molecule has 0 spiro atoms. The third-order valence-corrected chi connectivity index (χ3v) is 6.22. The first-order chi connectivity index (χ1) is 8.08. The Bertz CT molecular complexity index is 406. The van der Waals surface area contributed by atoms with Gasteiger partial charge in [0.25, 0.3) is 0 Å². The van der Waals surface area contributed by atoms with Crippen molar-refractivity contribution in [2.75, 3.05) is 7.05 Å². The molecule has 0 aromatic heterocycles. The van der Waals surface area contributed by atoms with Crippen molar-refractivity contribution in [1.29, 1.82) is 0 Å². The Hall–Kier alpha value is -0.620. The van der Waals surface area contributed by atoms with E-state index in [0.717, 1.165) is 25.7 Å². The predicted molar refractivity (Wildman–Crippen MR) is 69.8 cm³/mol. The lowest BCUT2D eigenvalue weighted by atomic mass is 9.76. The molecule has 0 aromatic rings. The van der Waals surface area contributed by atoms with E-state index >= 15 is 0 Å². The number of carboxylic acid groups (broad SMARTS) is 1. The van der Waals surface area contributed by atoms with Crippen LogP contribution in [0.25, 0.3) is 0 Å². The van der Waals surface area contributed by atoms with Crippen LogP contribution in [0.3, 0.4) is 0 Å². The lowest BCUT2D eigenvalue weighted by Gasteiger charge is -2.38. The van der Waals surface area contributed by atoms with Crippen LogP contribution >= 0.6 is 0 Å². The molecule has 1 N–H and O–H groups in total. The molecule has 0 radical (unpaired) electrons. The maximum atomic E-state index is 12.1. The van der Waals surface area contributed by atoms with Crippen LogP contribution in [-0.2, 0) is 14.8 Å². The summed E-state index contributed by atoms with van der Waals surface area (Å²) in [6.07, 6.45) is 3.54. The molecule has 1 aliphatic carbocycles. The summed E-state index contributed by atoms with van der Waals surface area (Å²) in [5.74, 6) is -1.29. The number of rotatable bonds is 4. The van der Waals surface area contributed by atoms with Gasteiger partial charge in [0.15, 0.2) is 5.25 Å². The Morgan fingerprint density at radius 1 is 1.33 bits per heavy atom. The van der Waals surface area contributed by atoms with Crippen LogP contribution < -0.4 is 0 Å². The highest BCUT2D eigenvalue weighted by Gasteiger charge is 2.38. The molecule has 0 aromatic carbocycles. The monoisotopic (exact) mass is 277 g/mol. The third-order valence-electron chi connectivity index (χ3n) is 4.02. The molecule has 1 rings (SSSR count). The highest BCUT2D eigenvalue weighted by atomic mass is 32.2. The fourth-order valence-corrected chi connectivity index (χ4v) is 3.71. The minimum atomic E-state index is -3.74. The van der Waals surface area contributed by atoms with Crippen LogP contribution in [0.15, 0.2) is 0 Å². The van der Waals surface area contributed by atoms with Crippen molar-refractivity contribution >= 4 is 16.0 Å². The van der Waals surface area contributed by atoms with Gasteiger partial charge in [-0.2, -0.15) is 0 Å². The van der Waals surface area contributed by atoms with Crippen molar-refractivity contribution in [2.24, 2.45) is 5.41 Å². The van der Waals surface area contributed by atoms with Crippen molar-refractivity contribution in [3.05, 3.63) is 0 Å². The van der Waals surface area contributed by atoms with E-state index < -0.39 is 21.2 Å². The van der Waals surface area contributed by atoms with Gasteiger partial charge >= 0.3 is 5.97 Å². The van der Waals surface area contributed by atoms with Gasteiger partial charge in [-0.25, -0.2) is 12.7 Å². The average Bonchev–Trinajstić information content (AvgIpc) is 2.26. The van der Waals surface area contributed by atoms with E-state index in [1.807, 2.05) is 0 Å². The summed E-state index contributed by atoms with van der Waals surface area (Å²) in [6, 6.07) is -0.0650. The first kappa shape index (κ1) is 15.4. The normalized spacial score (nSPS) is 22.9. The molecule has 0 amide bonds. The van der Waals surface area contributed by atoms with Gasteiger partial charge in [-0.05, 0) is 38.0 Å². The number of hydrogen-bond acceptors (Lipinski definition) is 3. The summed E-state index contributed by atoms with van der Waals surface area (Å²) >= 11 is 0. The van der Waals surface area contributed by atoms with E-state index in [-0.39, 0.29) is 11.5 Å². The molecule has 1 fully saturated rings. The van der Waals surface area contributed by atoms with Gasteiger partial charge in [0, 0.05) is 13.1 Å². The summed E-state index contributed by atoms with van der Waals surface area (Å²) < 4.78 is 25.4. The summed E-state index contributed by atoms with van der Waals surface area (Å²) in [7, 11) is -2.24. The fraction of sp³-hybridized carbons (Fsp3) is 0.917. The van der Waals surface area contributed by atoms with Gasteiger partial charge in [-0.1, -0.05) is 13.8 Å². The van der Waals surface area contributed by atoms with Crippen LogP contribution in [0.4, 0.5) is 0 Å². The topological polar surface area (TPSA) is 74.7 Å². The summed E-state index contributed by atoms with van der Waals surface area (Å²) in [5.41, 5.74) is 0.263. The fourth-order valence-electron chi connectivity index (χ4n) is 2.33. The minimum absolute atomic E-state index is 0.0650. The van der Waals surface area contributed by atoms with E-state index in [2.05, 4.69) is 13.8 Å². The maximum absolute atomic E-state index is 12.1. The first-order valence-corrected chi connectivity index (χ1v) is 7.78. The smallest absolute Gasteiger partial charge is 0.323 e. The Balaban J connectivity index is 2.77. The van der Waals surface area contributed by atoms with E-state index in [4.69, 9.17) is 5.11 Å². The molecular weight excluding hydrogens is 254 g/mol. The molecule has 0 aliphatic heterocycles. The number of aliphatic carboxylic acids is 1. The molecule has 18 heavy (non-hydrogen) atoms. The molecule has 0 heterocycles. The molecule has 0 bridgehead atoms. The van der Waals surface area contributed by atoms with E-state index in [0.29, 0.717) is 0 Å². The van der Waals surface area contributed by atoms with Gasteiger partial charge in [-0.15, -0.1) is 0 Å². The quantitative estimate of drug-likeness (QED) is 0.848. The van der Waals surface area contributed by atoms with Crippen molar-refractivity contribution in [2.45, 2.75) is 57.7 Å². The highest BCUT2D eigenvalue weighted by Crippen LogP contribution is 2.37. The molecule has 0 saturated heterocycles. The summed E-state index contributed by atoms with van der Waals surface area (Å²) in [5, 5.41) is 7.46. The van der Waals surface area contributed by atoms with Gasteiger partial charge in [-0.3, -0.25) is 4.79 Å². The van der Waals surface area contributed by atoms with Crippen LogP contribution in [0.5, 0.6) is 0 Å². The van der Waals surface area contributed by atoms with Crippen LogP contribution in [0, 0.1) is 5.41 Å². The second-order valence-corrected chi connectivity index (χ2v) is 8.25. The molecule has 6 heteroatoms. The number of carboxylic acids is 1. The molecule has 1 atom stereocenters. The van der Waals surface area contributed by atoms with Crippen LogP contribution in [-0.4, -0.2) is 42.1 Å². The largest absolute Gasteiger partial charge is 0.480 e. The Morgan fingerprint density at radius 2 is 1.78 bits per heavy atom. The van der Waals surface area contributed by atoms with Gasteiger partial charge in [0.1, 0.15) is 0 Å². The molecule has 106 valence electrons. The number of sulfonamides is 1. The van der Waals surface area contributed by atoms with Gasteiger partial charge in [0.2, 0.25) is 10.0 Å². The number of nitrogens with zero attached hydrogens (tertiary/aromatic N) is 1. The van der Waals surface area contributed by atoms with Crippen molar-refractivity contribution in [1.82, 2.24) is 4.31 Å². The average molecular weight is 277 g/mol. The lowest BCUT2D eigenvalue weighted by Crippen LogP contribution is -2.46. The van der Waals surface area contributed by atoms with E-state index in [1.165, 1.54) is 18.3 Å². The number of hydrogen-bond donors (Lipinski definition) is 1. The molecule has 1 unspecified atom stereocenters. The zero-order valence-electron chi connectivity index (χ0n) is 11.5. The van der Waals surface area contributed by atoms with E-state index in [9.17, 15) is 13.2 Å².